The first kappa shape index (κ1) is 15.8. The Kier molecular flexibility index (Phi) is 5.43. The third-order valence-electron chi connectivity index (χ3n) is 4.33. The summed E-state index contributed by atoms with van der Waals surface area (Å²) in [5.74, 6) is 0.648. The molecule has 1 amide bonds. The fraction of sp³-hybridized carbons (Fsp3) is 0.929. The molecule has 6 heteroatoms. The van der Waals surface area contributed by atoms with Crippen molar-refractivity contribution < 1.29 is 13.2 Å². The molecular weight excluding hydrogens is 276 g/mol. The largest absolute Gasteiger partial charge is 0.352 e. The van der Waals surface area contributed by atoms with E-state index in [1.165, 1.54) is 31.9 Å². The summed E-state index contributed by atoms with van der Waals surface area (Å²) in [4.78, 5) is 14.1. The maximum atomic E-state index is 11.7. The third-order valence-corrected chi connectivity index (χ3v) is 5.27. The van der Waals surface area contributed by atoms with Crippen LogP contribution in [0.15, 0.2) is 0 Å². The molecule has 1 saturated carbocycles. The molecule has 1 N–H and O–H groups in total. The minimum Gasteiger partial charge on any atom is -0.352 e. The van der Waals surface area contributed by atoms with Gasteiger partial charge < -0.3 is 10.2 Å². The molecule has 1 aliphatic heterocycles. The average Bonchev–Trinajstić information content (AvgIpc) is 2.99. The van der Waals surface area contributed by atoms with Gasteiger partial charge in [0.2, 0.25) is 5.91 Å². The first-order valence-corrected chi connectivity index (χ1v) is 9.68. The van der Waals surface area contributed by atoms with Gasteiger partial charge in [-0.05, 0) is 25.2 Å². The summed E-state index contributed by atoms with van der Waals surface area (Å²) in [6.45, 7) is 3.13. The lowest BCUT2D eigenvalue weighted by Gasteiger charge is -2.20. The van der Waals surface area contributed by atoms with Gasteiger partial charge in [-0.15, -0.1) is 0 Å². The predicted octanol–water partition coefficient (Wildman–Crippen LogP) is 0.802. The number of carbonyl (C=O) groups excluding carboxylic acids is 1. The van der Waals surface area contributed by atoms with Crippen LogP contribution < -0.4 is 5.32 Å². The molecule has 0 bridgehead atoms. The van der Waals surface area contributed by atoms with E-state index in [1.54, 1.807) is 0 Å². The van der Waals surface area contributed by atoms with Crippen molar-refractivity contribution >= 4 is 15.7 Å². The number of hydrogen-bond acceptors (Lipinski definition) is 4. The second kappa shape index (κ2) is 6.89. The van der Waals surface area contributed by atoms with Crippen molar-refractivity contribution in [3.63, 3.8) is 0 Å². The standard InChI is InChI=1S/C14H26N2O3S/c1-20(18,19)9-7-14(17)15-13-6-8-16(11-13)10-12-4-2-3-5-12/h12-13H,2-11H2,1H3,(H,15,17)/t13-/m0/s1. The van der Waals surface area contributed by atoms with E-state index in [-0.39, 0.29) is 24.1 Å². The molecule has 1 heterocycles. The lowest BCUT2D eigenvalue weighted by atomic mass is 10.1. The van der Waals surface area contributed by atoms with Crippen LogP contribution in [0.1, 0.15) is 38.5 Å². The third kappa shape index (κ3) is 5.40. The van der Waals surface area contributed by atoms with Gasteiger partial charge in [-0.2, -0.15) is 0 Å². The average molecular weight is 302 g/mol. The highest BCUT2D eigenvalue weighted by atomic mass is 32.2. The molecule has 116 valence electrons. The van der Waals surface area contributed by atoms with Gasteiger partial charge in [-0.25, -0.2) is 8.42 Å². The lowest BCUT2D eigenvalue weighted by molar-refractivity contribution is -0.121. The summed E-state index contributed by atoms with van der Waals surface area (Å²) in [6.07, 6.45) is 7.66. The van der Waals surface area contributed by atoms with Crippen molar-refractivity contribution in [2.24, 2.45) is 5.92 Å². The number of nitrogens with zero attached hydrogens (tertiary/aromatic N) is 1. The minimum atomic E-state index is -3.05. The van der Waals surface area contributed by atoms with Crippen molar-refractivity contribution in [3.8, 4) is 0 Å². The normalized spacial score (nSPS) is 25.1. The highest BCUT2D eigenvalue weighted by molar-refractivity contribution is 7.90. The molecule has 5 nitrogen and oxygen atoms in total. The molecule has 2 fully saturated rings. The molecule has 1 atom stereocenters. The van der Waals surface area contributed by atoms with Gasteiger partial charge in [0.1, 0.15) is 9.84 Å². The monoisotopic (exact) mass is 302 g/mol. The quantitative estimate of drug-likeness (QED) is 0.788. The van der Waals surface area contributed by atoms with Crippen LogP contribution in [0.25, 0.3) is 0 Å². The van der Waals surface area contributed by atoms with Crippen LogP contribution in [0.5, 0.6) is 0 Å². The lowest BCUT2D eigenvalue weighted by Crippen LogP contribution is -2.38. The maximum absolute atomic E-state index is 11.7. The van der Waals surface area contributed by atoms with Gasteiger partial charge >= 0.3 is 0 Å². The second-order valence-corrected chi connectivity index (χ2v) is 8.60. The Morgan fingerprint density at radius 1 is 1.25 bits per heavy atom. The van der Waals surface area contributed by atoms with Crippen molar-refractivity contribution in [3.05, 3.63) is 0 Å². The zero-order valence-corrected chi connectivity index (χ0v) is 13.1. The summed E-state index contributed by atoms with van der Waals surface area (Å²) >= 11 is 0. The molecule has 0 aromatic heterocycles. The van der Waals surface area contributed by atoms with Crippen molar-refractivity contribution in [2.75, 3.05) is 31.6 Å². The molecule has 0 unspecified atom stereocenters. The van der Waals surface area contributed by atoms with Gasteiger partial charge in [-0.3, -0.25) is 4.79 Å². The van der Waals surface area contributed by atoms with Crippen LogP contribution in [0.3, 0.4) is 0 Å². The Bertz CT molecular complexity index is 430. The summed E-state index contributed by atoms with van der Waals surface area (Å²) < 4.78 is 22.1. The van der Waals surface area contributed by atoms with Crippen LogP contribution in [0.2, 0.25) is 0 Å². The Labute approximate surface area is 122 Å². The van der Waals surface area contributed by atoms with Crippen molar-refractivity contribution in [1.29, 1.82) is 0 Å². The molecule has 2 rings (SSSR count). The first-order valence-electron chi connectivity index (χ1n) is 7.62. The van der Waals surface area contributed by atoms with E-state index in [4.69, 9.17) is 0 Å². The number of likely N-dealkylation sites (tertiary alicyclic amines) is 1. The molecule has 0 spiro atoms. The van der Waals surface area contributed by atoms with E-state index < -0.39 is 9.84 Å². The van der Waals surface area contributed by atoms with E-state index in [2.05, 4.69) is 10.2 Å². The maximum Gasteiger partial charge on any atom is 0.221 e. The van der Waals surface area contributed by atoms with Crippen molar-refractivity contribution in [2.45, 2.75) is 44.6 Å². The zero-order chi connectivity index (χ0) is 14.6. The summed E-state index contributed by atoms with van der Waals surface area (Å²) in [7, 11) is -3.05. The van der Waals surface area contributed by atoms with Gasteiger partial charge in [0.25, 0.3) is 0 Å². The minimum absolute atomic E-state index is 0.0582. The number of nitrogens with one attached hydrogen (secondary N) is 1. The van der Waals surface area contributed by atoms with E-state index in [0.717, 1.165) is 32.0 Å². The Balaban J connectivity index is 1.66. The highest BCUT2D eigenvalue weighted by Gasteiger charge is 2.26. The highest BCUT2D eigenvalue weighted by Crippen LogP contribution is 2.26. The molecule has 0 radical (unpaired) electrons. The van der Waals surface area contributed by atoms with Gasteiger partial charge in [-0.1, -0.05) is 12.8 Å². The molecule has 1 saturated heterocycles. The van der Waals surface area contributed by atoms with Crippen LogP contribution in [0, 0.1) is 5.92 Å². The number of amides is 1. The van der Waals surface area contributed by atoms with Gasteiger partial charge in [0.05, 0.1) is 5.75 Å². The topological polar surface area (TPSA) is 66.5 Å². The predicted molar refractivity (Wildman–Crippen MR) is 79.3 cm³/mol. The van der Waals surface area contributed by atoms with Crippen molar-refractivity contribution in [1.82, 2.24) is 10.2 Å². The number of carbonyl (C=O) groups is 1. The SMILES string of the molecule is CS(=O)(=O)CCC(=O)N[C@H]1CCN(CC2CCCC2)C1. The van der Waals surface area contributed by atoms with Gasteiger partial charge in [0.15, 0.2) is 0 Å². The molecular formula is C14H26N2O3S. The summed E-state index contributed by atoms with van der Waals surface area (Å²) in [5.41, 5.74) is 0. The first-order chi connectivity index (χ1) is 9.42. The molecule has 0 aromatic rings. The van der Waals surface area contributed by atoms with E-state index >= 15 is 0 Å². The number of rotatable bonds is 6. The zero-order valence-electron chi connectivity index (χ0n) is 12.3. The Hall–Kier alpha value is -0.620. The smallest absolute Gasteiger partial charge is 0.221 e. The molecule has 2 aliphatic rings. The van der Waals surface area contributed by atoms with Crippen LogP contribution in [0.4, 0.5) is 0 Å². The molecule has 1 aliphatic carbocycles. The summed E-state index contributed by atoms with van der Waals surface area (Å²) in [5, 5.41) is 2.96. The van der Waals surface area contributed by atoms with Crippen LogP contribution >= 0.6 is 0 Å². The van der Waals surface area contributed by atoms with Gasteiger partial charge in [0, 0.05) is 38.4 Å². The number of sulfone groups is 1. The fourth-order valence-corrected chi connectivity index (χ4v) is 3.81. The van der Waals surface area contributed by atoms with Crippen LogP contribution in [-0.2, 0) is 14.6 Å². The second-order valence-electron chi connectivity index (χ2n) is 6.34. The van der Waals surface area contributed by atoms with E-state index in [1.807, 2.05) is 0 Å². The Morgan fingerprint density at radius 3 is 2.60 bits per heavy atom. The van der Waals surface area contributed by atoms with Crippen LogP contribution in [-0.4, -0.2) is 56.9 Å². The molecule has 0 aromatic carbocycles. The van der Waals surface area contributed by atoms with E-state index in [0.29, 0.717) is 0 Å². The number of hydrogen-bond donors (Lipinski definition) is 1. The summed E-state index contributed by atoms with van der Waals surface area (Å²) in [6, 6.07) is 0.198. The molecule has 20 heavy (non-hydrogen) atoms. The fourth-order valence-electron chi connectivity index (χ4n) is 3.25. The van der Waals surface area contributed by atoms with E-state index in [9.17, 15) is 13.2 Å². The Morgan fingerprint density at radius 2 is 1.95 bits per heavy atom.